The van der Waals surface area contributed by atoms with E-state index < -0.39 is 0 Å². The maximum absolute atomic E-state index is 3.84. The molecule has 0 aromatic carbocycles. The summed E-state index contributed by atoms with van der Waals surface area (Å²) < 4.78 is 2.19. The van der Waals surface area contributed by atoms with E-state index in [0.717, 1.165) is 6.42 Å². The summed E-state index contributed by atoms with van der Waals surface area (Å²) in [4.78, 5) is 0. The van der Waals surface area contributed by atoms with Crippen molar-refractivity contribution in [1.29, 1.82) is 0 Å². The quantitative estimate of drug-likeness (QED) is 0.495. The van der Waals surface area contributed by atoms with E-state index in [-0.39, 0.29) is 17.0 Å². The van der Waals surface area contributed by atoms with Crippen LogP contribution in [-0.4, -0.2) is 0 Å². The van der Waals surface area contributed by atoms with Gasteiger partial charge < -0.3 is 17.0 Å². The summed E-state index contributed by atoms with van der Waals surface area (Å²) in [6, 6.07) is 6.58. The molecule has 1 atom stereocenters. The molecule has 2 heteroatoms. The highest BCUT2D eigenvalue weighted by molar-refractivity contribution is 4.85. The van der Waals surface area contributed by atoms with Gasteiger partial charge in [-0.2, -0.15) is 4.57 Å². The summed E-state index contributed by atoms with van der Waals surface area (Å²) in [5.74, 6) is 0. The van der Waals surface area contributed by atoms with Crippen molar-refractivity contribution in [2.45, 2.75) is 25.8 Å². The second-order valence-corrected chi connectivity index (χ2v) is 2.91. The molecule has 0 saturated heterocycles. The summed E-state index contributed by atoms with van der Waals surface area (Å²) in [5.41, 5.74) is 0. The van der Waals surface area contributed by atoms with Crippen LogP contribution in [0.25, 0.3) is 0 Å². The maximum atomic E-state index is 3.84. The van der Waals surface area contributed by atoms with E-state index in [1.165, 1.54) is 6.42 Å². The second kappa shape index (κ2) is 6.84. The van der Waals surface area contributed by atoms with Crippen molar-refractivity contribution in [1.82, 2.24) is 0 Å². The lowest BCUT2D eigenvalue weighted by atomic mass is 10.1. The first-order valence-electron chi connectivity index (χ1n) is 4.46. The molecule has 72 valence electrons. The van der Waals surface area contributed by atoms with E-state index in [2.05, 4.69) is 30.5 Å². The minimum Gasteiger partial charge on any atom is -1.00 e. The molecule has 1 nitrogen and oxygen atoms in total. The molecule has 0 aliphatic rings. The predicted octanol–water partition coefficient (Wildman–Crippen LogP) is -0.495. The van der Waals surface area contributed by atoms with Crippen LogP contribution >= 0.6 is 0 Å². The largest absolute Gasteiger partial charge is 1.00 e. The highest BCUT2D eigenvalue weighted by atomic mass is 79.9. The van der Waals surface area contributed by atoms with Crippen LogP contribution in [0.4, 0.5) is 0 Å². The summed E-state index contributed by atoms with van der Waals surface area (Å²) in [7, 11) is 0. The number of allylic oxidation sites excluding steroid dienone is 1. The van der Waals surface area contributed by atoms with Crippen LogP contribution in [0.1, 0.15) is 25.8 Å². The highest BCUT2D eigenvalue weighted by Gasteiger charge is 2.10. The molecule has 0 bridgehead atoms. The van der Waals surface area contributed by atoms with Gasteiger partial charge in [-0.25, -0.2) is 0 Å². The molecule has 0 fully saturated rings. The zero-order valence-corrected chi connectivity index (χ0v) is 9.57. The van der Waals surface area contributed by atoms with E-state index in [1.807, 2.05) is 24.3 Å². The van der Waals surface area contributed by atoms with Crippen LogP contribution < -0.4 is 21.5 Å². The topological polar surface area (TPSA) is 3.88 Å². The van der Waals surface area contributed by atoms with Gasteiger partial charge in [0.05, 0.1) is 0 Å². The first kappa shape index (κ1) is 12.4. The Morgan fingerprint density at radius 3 is 2.38 bits per heavy atom. The van der Waals surface area contributed by atoms with Crippen LogP contribution in [0.2, 0.25) is 0 Å². The molecule has 0 amide bonds. The average Bonchev–Trinajstić information content (AvgIpc) is 2.15. The minimum atomic E-state index is 0. The second-order valence-electron chi connectivity index (χ2n) is 2.91. The van der Waals surface area contributed by atoms with Crippen LogP contribution in [-0.2, 0) is 0 Å². The molecule has 0 saturated carbocycles. The fraction of sp³-hybridized carbons (Fsp3) is 0.364. The van der Waals surface area contributed by atoms with Crippen molar-refractivity contribution in [3.63, 3.8) is 0 Å². The van der Waals surface area contributed by atoms with E-state index >= 15 is 0 Å². The number of hydrogen-bond donors (Lipinski definition) is 0. The van der Waals surface area contributed by atoms with Crippen LogP contribution in [0, 0.1) is 0 Å². The Hall–Kier alpha value is -0.630. The minimum absolute atomic E-state index is 0. The Kier molecular flexibility index (Phi) is 6.51. The van der Waals surface area contributed by atoms with Crippen molar-refractivity contribution in [3.8, 4) is 0 Å². The van der Waals surface area contributed by atoms with Gasteiger partial charge in [0.2, 0.25) is 0 Å². The van der Waals surface area contributed by atoms with Gasteiger partial charge in [-0.3, -0.25) is 0 Å². The third-order valence-electron chi connectivity index (χ3n) is 1.98. The Labute approximate surface area is 90.9 Å². The van der Waals surface area contributed by atoms with Crippen molar-refractivity contribution < 1.29 is 21.5 Å². The fourth-order valence-electron chi connectivity index (χ4n) is 1.32. The molecular weight excluding hydrogens is 226 g/mol. The Morgan fingerprint density at radius 2 is 1.92 bits per heavy atom. The maximum Gasteiger partial charge on any atom is 0.176 e. The van der Waals surface area contributed by atoms with Gasteiger partial charge in [-0.05, 0) is 12.5 Å². The molecular formula is C11H16BrN. The molecule has 13 heavy (non-hydrogen) atoms. The number of rotatable bonds is 4. The molecule has 1 rings (SSSR count). The average molecular weight is 242 g/mol. The van der Waals surface area contributed by atoms with Gasteiger partial charge in [0.1, 0.15) is 0 Å². The fourth-order valence-corrected chi connectivity index (χ4v) is 1.32. The Morgan fingerprint density at radius 1 is 1.31 bits per heavy atom. The van der Waals surface area contributed by atoms with Gasteiger partial charge in [-0.15, -0.1) is 0 Å². The summed E-state index contributed by atoms with van der Waals surface area (Å²) in [6.07, 6.45) is 8.53. The van der Waals surface area contributed by atoms with Crippen molar-refractivity contribution in [3.05, 3.63) is 43.2 Å². The molecule has 0 radical (unpaired) electrons. The molecule has 0 spiro atoms. The smallest absolute Gasteiger partial charge is 0.176 e. The van der Waals surface area contributed by atoms with Crippen molar-refractivity contribution in [2.24, 2.45) is 0 Å². The third-order valence-corrected chi connectivity index (χ3v) is 1.98. The normalized spacial score (nSPS) is 11.5. The van der Waals surface area contributed by atoms with Crippen LogP contribution in [0.5, 0.6) is 0 Å². The zero-order valence-electron chi connectivity index (χ0n) is 7.99. The van der Waals surface area contributed by atoms with Crippen molar-refractivity contribution >= 4 is 0 Å². The SMILES string of the molecule is C=CC(CCC)[n+]1ccccc1.[Br-]. The van der Waals surface area contributed by atoms with Gasteiger partial charge in [-0.1, -0.05) is 19.6 Å². The van der Waals surface area contributed by atoms with Crippen LogP contribution in [0.15, 0.2) is 43.2 Å². The van der Waals surface area contributed by atoms with Crippen molar-refractivity contribution in [2.75, 3.05) is 0 Å². The first-order chi connectivity index (χ1) is 5.88. The van der Waals surface area contributed by atoms with E-state index in [4.69, 9.17) is 0 Å². The monoisotopic (exact) mass is 241 g/mol. The lowest BCUT2D eigenvalue weighted by molar-refractivity contribution is -0.713. The number of pyridine rings is 1. The Bertz CT molecular complexity index is 233. The van der Waals surface area contributed by atoms with Gasteiger partial charge in [0.25, 0.3) is 0 Å². The number of aromatic nitrogens is 1. The predicted molar refractivity (Wildman–Crippen MR) is 50.8 cm³/mol. The van der Waals surface area contributed by atoms with Crippen LogP contribution in [0.3, 0.4) is 0 Å². The summed E-state index contributed by atoms with van der Waals surface area (Å²) in [5, 5.41) is 0. The summed E-state index contributed by atoms with van der Waals surface area (Å²) in [6.45, 7) is 6.03. The number of halogens is 1. The molecule has 0 aliphatic heterocycles. The molecule has 0 aliphatic carbocycles. The molecule has 1 aromatic rings. The zero-order chi connectivity index (χ0) is 8.81. The molecule has 1 heterocycles. The Balaban J connectivity index is 0.00000144. The van der Waals surface area contributed by atoms with Gasteiger partial charge >= 0.3 is 0 Å². The highest BCUT2D eigenvalue weighted by Crippen LogP contribution is 2.05. The number of nitrogens with zero attached hydrogens (tertiary/aromatic N) is 1. The lowest BCUT2D eigenvalue weighted by Gasteiger charge is -2.04. The van der Waals surface area contributed by atoms with Gasteiger partial charge in [0, 0.05) is 18.6 Å². The first-order valence-corrected chi connectivity index (χ1v) is 4.46. The number of hydrogen-bond acceptors (Lipinski definition) is 0. The third kappa shape index (κ3) is 3.73. The molecule has 1 unspecified atom stereocenters. The molecule has 0 N–H and O–H groups in total. The summed E-state index contributed by atoms with van der Waals surface area (Å²) >= 11 is 0. The van der Waals surface area contributed by atoms with E-state index in [0.29, 0.717) is 6.04 Å². The van der Waals surface area contributed by atoms with E-state index in [9.17, 15) is 0 Å². The van der Waals surface area contributed by atoms with E-state index in [1.54, 1.807) is 0 Å². The van der Waals surface area contributed by atoms with Gasteiger partial charge in [0.15, 0.2) is 18.4 Å². The standard InChI is InChI=1S/C11H16N.BrH/c1-3-8-11(4-2)12-9-6-5-7-10-12;/h4-7,9-11H,2-3,8H2,1H3;1H/q+1;/p-1. The lowest BCUT2D eigenvalue weighted by Crippen LogP contribution is -3.00. The molecule has 1 aromatic heterocycles.